The summed E-state index contributed by atoms with van der Waals surface area (Å²) < 4.78 is 45.0. The van der Waals surface area contributed by atoms with Crippen LogP contribution in [0.2, 0.25) is 0 Å². The van der Waals surface area contributed by atoms with Crippen molar-refractivity contribution in [3.8, 4) is 11.1 Å². The summed E-state index contributed by atoms with van der Waals surface area (Å²) in [6, 6.07) is 2.96. The van der Waals surface area contributed by atoms with E-state index in [4.69, 9.17) is 5.73 Å². The van der Waals surface area contributed by atoms with E-state index in [1.807, 2.05) is 0 Å². The monoisotopic (exact) mass is 446 g/mol. The standard InChI is InChI=1S/C23H25F3N4O2/c1-11-9-30(22(31)13(3)27)10-12(2)23(11,32)20-16(24)6-14(7-17(20)25)15-4-5-28-21-19(15)18(26)8-29-21/h4-8,11-13,32H,9-10,27H2,1-3H3,(H,28,29)/t11-,12+,13-,23?/m0/s1. The van der Waals surface area contributed by atoms with Crippen LogP contribution in [0.15, 0.2) is 30.6 Å². The number of hydrogen-bond acceptors (Lipinski definition) is 4. The van der Waals surface area contributed by atoms with Crippen molar-refractivity contribution in [2.24, 2.45) is 17.6 Å². The third kappa shape index (κ3) is 3.36. The minimum absolute atomic E-state index is 0.112. The van der Waals surface area contributed by atoms with Gasteiger partial charge in [-0.1, -0.05) is 13.8 Å². The lowest BCUT2D eigenvalue weighted by Crippen LogP contribution is -2.58. The number of H-pyrrole nitrogens is 1. The Balaban J connectivity index is 1.77. The van der Waals surface area contributed by atoms with Crippen LogP contribution in [0.25, 0.3) is 22.2 Å². The van der Waals surface area contributed by atoms with Crippen LogP contribution < -0.4 is 5.73 Å². The SMILES string of the molecule is C[C@H](N)C(=O)N1C[C@@H](C)C(O)(c2c(F)cc(-c3ccnc4[nH]cc(F)c34)cc2F)[C@@H](C)C1. The Hall–Kier alpha value is -2.91. The van der Waals surface area contributed by atoms with Gasteiger partial charge >= 0.3 is 0 Å². The Morgan fingerprint density at radius 3 is 2.38 bits per heavy atom. The van der Waals surface area contributed by atoms with Crippen molar-refractivity contribution in [1.82, 2.24) is 14.9 Å². The van der Waals surface area contributed by atoms with Gasteiger partial charge < -0.3 is 20.7 Å². The molecule has 4 atom stereocenters. The lowest BCUT2D eigenvalue weighted by atomic mass is 9.70. The quantitative estimate of drug-likeness (QED) is 0.575. The molecular formula is C23H25F3N4O2. The molecule has 1 aliphatic heterocycles. The number of benzene rings is 1. The highest BCUT2D eigenvalue weighted by molar-refractivity contribution is 5.93. The van der Waals surface area contributed by atoms with Gasteiger partial charge in [0.05, 0.1) is 17.0 Å². The molecule has 1 aliphatic rings. The molecule has 0 saturated carbocycles. The molecule has 4 N–H and O–H groups in total. The van der Waals surface area contributed by atoms with E-state index in [1.165, 1.54) is 17.2 Å². The largest absolute Gasteiger partial charge is 0.384 e. The van der Waals surface area contributed by atoms with Gasteiger partial charge in [-0.25, -0.2) is 18.2 Å². The van der Waals surface area contributed by atoms with Crippen LogP contribution >= 0.6 is 0 Å². The van der Waals surface area contributed by atoms with Gasteiger partial charge in [-0.3, -0.25) is 4.79 Å². The van der Waals surface area contributed by atoms with E-state index in [0.29, 0.717) is 0 Å². The zero-order valence-corrected chi connectivity index (χ0v) is 18.0. The number of aromatic amines is 1. The van der Waals surface area contributed by atoms with Crippen molar-refractivity contribution in [2.75, 3.05) is 13.1 Å². The summed E-state index contributed by atoms with van der Waals surface area (Å²) >= 11 is 0. The minimum atomic E-state index is -1.84. The van der Waals surface area contributed by atoms with E-state index in [1.54, 1.807) is 20.8 Å². The molecule has 0 bridgehead atoms. The molecule has 3 aromatic rings. The lowest BCUT2D eigenvalue weighted by Gasteiger charge is -2.48. The predicted molar refractivity (Wildman–Crippen MR) is 114 cm³/mol. The van der Waals surface area contributed by atoms with Crippen molar-refractivity contribution >= 4 is 16.9 Å². The fourth-order valence-corrected chi connectivity index (χ4v) is 4.83. The Kier molecular flexibility index (Phi) is 5.50. The number of nitrogens with two attached hydrogens (primary N) is 1. The van der Waals surface area contributed by atoms with E-state index in [9.17, 15) is 14.3 Å². The van der Waals surface area contributed by atoms with E-state index in [0.717, 1.165) is 18.3 Å². The first-order valence-corrected chi connectivity index (χ1v) is 10.4. The van der Waals surface area contributed by atoms with Gasteiger partial charge in [0, 0.05) is 37.3 Å². The maximum Gasteiger partial charge on any atom is 0.239 e. The smallest absolute Gasteiger partial charge is 0.239 e. The number of pyridine rings is 1. The Morgan fingerprint density at radius 2 is 1.81 bits per heavy atom. The van der Waals surface area contributed by atoms with Crippen molar-refractivity contribution in [2.45, 2.75) is 32.4 Å². The third-order valence-corrected chi connectivity index (χ3v) is 6.47. The number of piperidine rings is 1. The molecule has 0 aliphatic carbocycles. The second-order valence-corrected chi connectivity index (χ2v) is 8.69. The summed E-state index contributed by atoms with van der Waals surface area (Å²) in [6.45, 7) is 5.08. The maximum absolute atomic E-state index is 15.4. The molecule has 0 radical (unpaired) electrons. The molecule has 2 aromatic heterocycles. The highest BCUT2D eigenvalue weighted by atomic mass is 19.1. The van der Waals surface area contributed by atoms with E-state index < -0.39 is 46.5 Å². The number of carbonyl (C=O) groups is 1. The zero-order chi connectivity index (χ0) is 23.4. The van der Waals surface area contributed by atoms with Gasteiger partial charge in [-0.15, -0.1) is 0 Å². The van der Waals surface area contributed by atoms with Crippen molar-refractivity contribution in [3.05, 3.63) is 53.6 Å². The number of halogens is 3. The maximum atomic E-state index is 15.4. The van der Waals surface area contributed by atoms with E-state index in [2.05, 4.69) is 9.97 Å². The molecule has 9 heteroatoms. The summed E-state index contributed by atoms with van der Waals surface area (Å²) in [5.74, 6) is -4.04. The average molecular weight is 446 g/mol. The summed E-state index contributed by atoms with van der Waals surface area (Å²) in [7, 11) is 0. The number of carbonyl (C=O) groups excluding carboxylic acids is 1. The molecule has 1 saturated heterocycles. The number of amides is 1. The number of aliphatic hydroxyl groups is 1. The zero-order valence-electron chi connectivity index (χ0n) is 18.0. The molecule has 1 fully saturated rings. The molecule has 1 aromatic carbocycles. The van der Waals surface area contributed by atoms with Gasteiger partial charge in [0.1, 0.15) is 22.9 Å². The predicted octanol–water partition coefficient (Wildman–Crippen LogP) is 3.30. The Morgan fingerprint density at radius 1 is 1.22 bits per heavy atom. The van der Waals surface area contributed by atoms with Crippen LogP contribution in [0, 0.1) is 29.3 Å². The molecule has 6 nitrogen and oxygen atoms in total. The summed E-state index contributed by atoms with van der Waals surface area (Å²) in [6.07, 6.45) is 2.55. The fraction of sp³-hybridized carbons (Fsp3) is 0.391. The summed E-state index contributed by atoms with van der Waals surface area (Å²) in [4.78, 5) is 20.5. The van der Waals surface area contributed by atoms with Crippen LogP contribution in [0.4, 0.5) is 13.2 Å². The van der Waals surface area contributed by atoms with Crippen LogP contribution in [-0.2, 0) is 10.4 Å². The number of fused-ring (bicyclic) bond motifs is 1. The number of nitrogens with one attached hydrogen (secondary N) is 1. The highest BCUT2D eigenvalue weighted by Crippen LogP contribution is 2.44. The average Bonchev–Trinajstić information content (AvgIpc) is 3.11. The summed E-state index contributed by atoms with van der Waals surface area (Å²) in [5, 5.41) is 11.6. The normalized spacial score (nSPS) is 24.7. The molecule has 1 amide bonds. The van der Waals surface area contributed by atoms with Crippen molar-refractivity contribution < 1.29 is 23.1 Å². The topological polar surface area (TPSA) is 95.2 Å². The van der Waals surface area contributed by atoms with E-state index >= 15 is 8.78 Å². The molecule has 0 spiro atoms. The van der Waals surface area contributed by atoms with Gasteiger partial charge in [0.15, 0.2) is 5.82 Å². The van der Waals surface area contributed by atoms with Gasteiger partial charge in [0.25, 0.3) is 0 Å². The molecule has 3 heterocycles. The number of nitrogens with zero attached hydrogens (tertiary/aromatic N) is 2. The van der Waals surface area contributed by atoms with E-state index in [-0.39, 0.29) is 41.2 Å². The van der Waals surface area contributed by atoms with Crippen molar-refractivity contribution in [1.29, 1.82) is 0 Å². The first-order valence-electron chi connectivity index (χ1n) is 10.4. The first-order chi connectivity index (χ1) is 15.1. The first kappa shape index (κ1) is 22.3. The van der Waals surface area contributed by atoms with Gasteiger partial charge in [0.2, 0.25) is 5.91 Å². The second-order valence-electron chi connectivity index (χ2n) is 8.69. The molecule has 4 rings (SSSR count). The van der Waals surface area contributed by atoms with Crippen LogP contribution in [-0.4, -0.2) is 45.0 Å². The molecule has 170 valence electrons. The number of likely N-dealkylation sites (tertiary alicyclic amines) is 1. The second kappa shape index (κ2) is 7.90. The fourth-order valence-electron chi connectivity index (χ4n) is 4.83. The number of aromatic nitrogens is 2. The van der Waals surface area contributed by atoms with Gasteiger partial charge in [-0.05, 0) is 36.2 Å². The lowest BCUT2D eigenvalue weighted by molar-refractivity contribution is -0.150. The van der Waals surface area contributed by atoms with Crippen LogP contribution in [0.1, 0.15) is 26.3 Å². The Bertz CT molecular complexity index is 1160. The molecule has 1 unspecified atom stereocenters. The molecule has 32 heavy (non-hydrogen) atoms. The minimum Gasteiger partial charge on any atom is -0.384 e. The number of rotatable bonds is 3. The van der Waals surface area contributed by atoms with Crippen LogP contribution in [0.5, 0.6) is 0 Å². The Labute approximate surface area is 183 Å². The van der Waals surface area contributed by atoms with Gasteiger partial charge in [-0.2, -0.15) is 0 Å². The third-order valence-electron chi connectivity index (χ3n) is 6.47. The summed E-state index contributed by atoms with van der Waals surface area (Å²) in [5.41, 5.74) is 4.07. The highest BCUT2D eigenvalue weighted by Gasteiger charge is 2.49. The number of hydrogen-bond donors (Lipinski definition) is 3. The van der Waals surface area contributed by atoms with Crippen LogP contribution in [0.3, 0.4) is 0 Å². The molecular weight excluding hydrogens is 421 g/mol. The van der Waals surface area contributed by atoms with Crippen molar-refractivity contribution in [3.63, 3.8) is 0 Å².